The topological polar surface area (TPSA) is 89.7 Å². The van der Waals surface area contributed by atoms with E-state index >= 15 is 0 Å². The zero-order chi connectivity index (χ0) is 23.9. The number of benzene rings is 1. The molecule has 1 aromatic carbocycles. The predicted octanol–water partition coefficient (Wildman–Crippen LogP) is 4.81. The van der Waals surface area contributed by atoms with Gasteiger partial charge in [0, 0.05) is 11.9 Å². The van der Waals surface area contributed by atoms with Crippen LogP contribution in [0.1, 0.15) is 42.5 Å². The van der Waals surface area contributed by atoms with Crippen LogP contribution in [-0.4, -0.2) is 39.9 Å². The Balaban J connectivity index is 1.73. The van der Waals surface area contributed by atoms with E-state index in [4.69, 9.17) is 0 Å². The number of hydrogen-bond donors (Lipinski definition) is 2. The quantitative estimate of drug-likeness (QED) is 0.531. The van der Waals surface area contributed by atoms with Crippen LogP contribution in [0.15, 0.2) is 35.3 Å². The summed E-state index contributed by atoms with van der Waals surface area (Å²) in [6, 6.07) is 6.72. The Labute approximate surface area is 188 Å². The highest BCUT2D eigenvalue weighted by Crippen LogP contribution is 2.43. The Morgan fingerprint density at radius 1 is 1.33 bits per heavy atom. The summed E-state index contributed by atoms with van der Waals surface area (Å²) < 4.78 is 42.5. The second-order valence-corrected chi connectivity index (χ2v) is 8.73. The number of hydrogen-bond acceptors (Lipinski definition) is 5. The molecule has 1 aliphatic rings. The van der Waals surface area contributed by atoms with Crippen molar-refractivity contribution in [3.63, 3.8) is 0 Å². The molecule has 10 heteroatoms. The Morgan fingerprint density at radius 3 is 2.64 bits per heavy atom. The minimum Gasteiger partial charge on any atom is -0.338 e. The molecule has 1 fully saturated rings. The highest BCUT2D eigenvalue weighted by molar-refractivity contribution is 5.91. The zero-order valence-electron chi connectivity index (χ0n) is 18.6. The molecule has 4 rings (SSSR count). The first kappa shape index (κ1) is 22.9. The number of nitrogens with zero attached hydrogens (tertiary/aromatic N) is 4. The van der Waals surface area contributed by atoms with Gasteiger partial charge in [-0.15, -0.1) is 0 Å². The van der Waals surface area contributed by atoms with Crippen molar-refractivity contribution in [3.8, 4) is 6.07 Å². The molecule has 0 radical (unpaired) electrons. The van der Waals surface area contributed by atoms with Gasteiger partial charge in [-0.25, -0.2) is 0 Å². The van der Waals surface area contributed by atoms with Crippen LogP contribution in [0.4, 0.5) is 24.7 Å². The third-order valence-electron chi connectivity index (χ3n) is 6.06. The Bertz CT molecular complexity index is 1270. The van der Waals surface area contributed by atoms with Crippen LogP contribution in [0.5, 0.6) is 0 Å². The van der Waals surface area contributed by atoms with Crippen LogP contribution >= 0.6 is 0 Å². The molecular weight excluding hydrogens is 433 g/mol. The van der Waals surface area contributed by atoms with Crippen molar-refractivity contribution in [2.24, 2.45) is 5.92 Å². The number of nitriles is 1. The molecule has 0 saturated heterocycles. The lowest BCUT2D eigenvalue weighted by molar-refractivity contribution is -0.179. The SMILES string of the molecule is Cc1cc(Nc2nn([C@@H](CC#N)C3CC3)c3cc[nH]c(=O)c23)ccc1[C@H](N(C)C)C(F)(F)F. The molecule has 0 spiro atoms. The maximum absolute atomic E-state index is 13.6. The van der Waals surface area contributed by atoms with Gasteiger partial charge in [0.15, 0.2) is 5.82 Å². The van der Waals surface area contributed by atoms with Gasteiger partial charge in [-0.2, -0.15) is 23.5 Å². The number of anilines is 2. The van der Waals surface area contributed by atoms with Gasteiger partial charge in [0.1, 0.15) is 11.4 Å². The number of fused-ring (bicyclic) bond motifs is 1. The summed E-state index contributed by atoms with van der Waals surface area (Å²) >= 11 is 0. The predicted molar refractivity (Wildman–Crippen MR) is 119 cm³/mol. The van der Waals surface area contributed by atoms with Gasteiger partial charge in [0.2, 0.25) is 0 Å². The van der Waals surface area contributed by atoms with Crippen molar-refractivity contribution < 1.29 is 13.2 Å². The summed E-state index contributed by atoms with van der Waals surface area (Å²) in [5, 5.41) is 17.4. The van der Waals surface area contributed by atoms with E-state index in [9.17, 15) is 23.2 Å². The van der Waals surface area contributed by atoms with Crippen molar-refractivity contribution in [1.82, 2.24) is 19.7 Å². The molecule has 33 heavy (non-hydrogen) atoms. The second-order valence-electron chi connectivity index (χ2n) is 8.73. The van der Waals surface area contributed by atoms with Gasteiger partial charge in [-0.1, -0.05) is 6.07 Å². The van der Waals surface area contributed by atoms with Gasteiger partial charge >= 0.3 is 6.18 Å². The lowest BCUT2D eigenvalue weighted by atomic mass is 9.99. The molecule has 0 amide bonds. The Morgan fingerprint density at radius 2 is 2.06 bits per heavy atom. The van der Waals surface area contributed by atoms with Crippen molar-refractivity contribution in [1.29, 1.82) is 5.26 Å². The summed E-state index contributed by atoms with van der Waals surface area (Å²) in [6.45, 7) is 1.63. The van der Waals surface area contributed by atoms with E-state index in [0.29, 0.717) is 33.9 Å². The third kappa shape index (κ3) is 4.46. The molecule has 7 nitrogen and oxygen atoms in total. The largest absolute Gasteiger partial charge is 0.408 e. The number of halogens is 3. The number of aromatic amines is 1. The third-order valence-corrected chi connectivity index (χ3v) is 6.06. The van der Waals surface area contributed by atoms with Gasteiger partial charge in [0.25, 0.3) is 5.56 Å². The van der Waals surface area contributed by atoms with Crippen LogP contribution < -0.4 is 10.9 Å². The summed E-state index contributed by atoms with van der Waals surface area (Å²) in [5.41, 5.74) is 1.44. The highest BCUT2D eigenvalue weighted by Gasteiger charge is 2.43. The first-order valence-corrected chi connectivity index (χ1v) is 10.7. The number of H-pyrrole nitrogens is 1. The fraction of sp³-hybridized carbons (Fsp3) is 0.435. The Hall–Kier alpha value is -3.32. The fourth-order valence-electron chi connectivity index (χ4n) is 4.41. The van der Waals surface area contributed by atoms with Crippen molar-refractivity contribution in [3.05, 3.63) is 51.9 Å². The second kappa shape index (κ2) is 8.56. The van der Waals surface area contributed by atoms with Crippen LogP contribution in [0.25, 0.3) is 10.9 Å². The molecule has 2 heterocycles. The van der Waals surface area contributed by atoms with Crippen molar-refractivity contribution in [2.45, 2.75) is 44.4 Å². The van der Waals surface area contributed by atoms with Crippen molar-refractivity contribution in [2.75, 3.05) is 19.4 Å². The van der Waals surface area contributed by atoms with Gasteiger partial charge in [0.05, 0.1) is 24.0 Å². The standard InChI is InChI=1S/C23H25F3N6O/c1-13-12-15(6-7-16(13)20(31(2)3)23(24,25)26)29-21-19-18(9-11-28-22(19)33)32(30-21)17(8-10-27)14-4-5-14/h6-7,9,11-12,14,17,20H,4-5,8H2,1-3H3,(H,28,33)(H,29,30)/t17-,20-/m0/s1. The van der Waals surface area contributed by atoms with E-state index in [1.165, 1.54) is 20.2 Å². The van der Waals surface area contributed by atoms with Gasteiger partial charge in [-0.05, 0) is 69.1 Å². The van der Waals surface area contributed by atoms with E-state index in [-0.39, 0.29) is 23.6 Å². The molecule has 2 N–H and O–H groups in total. The van der Waals surface area contributed by atoms with Crippen LogP contribution in [0.2, 0.25) is 0 Å². The van der Waals surface area contributed by atoms with E-state index < -0.39 is 12.2 Å². The highest BCUT2D eigenvalue weighted by atomic mass is 19.4. The summed E-state index contributed by atoms with van der Waals surface area (Å²) in [4.78, 5) is 16.4. The molecule has 0 aliphatic heterocycles. The number of alkyl halides is 3. The average molecular weight is 458 g/mol. The monoisotopic (exact) mass is 458 g/mol. The summed E-state index contributed by atoms with van der Waals surface area (Å²) in [5.74, 6) is 0.648. The molecule has 3 aromatic rings. The normalized spacial score (nSPS) is 16.1. The molecule has 0 unspecified atom stereocenters. The molecule has 2 atom stereocenters. The van der Waals surface area contributed by atoms with Crippen LogP contribution in [0.3, 0.4) is 0 Å². The van der Waals surface area contributed by atoms with Crippen LogP contribution in [0, 0.1) is 24.2 Å². The number of pyridine rings is 1. The number of nitrogens with one attached hydrogen (secondary N) is 2. The zero-order valence-corrected chi connectivity index (χ0v) is 18.6. The maximum Gasteiger partial charge on any atom is 0.408 e. The fourth-order valence-corrected chi connectivity index (χ4v) is 4.41. The van der Waals surface area contributed by atoms with Gasteiger partial charge < -0.3 is 10.3 Å². The Kier molecular flexibility index (Phi) is 5.93. The average Bonchev–Trinajstić information content (AvgIpc) is 3.49. The van der Waals surface area contributed by atoms with Gasteiger partial charge in [-0.3, -0.25) is 14.4 Å². The van der Waals surface area contributed by atoms with E-state index in [0.717, 1.165) is 17.7 Å². The summed E-state index contributed by atoms with van der Waals surface area (Å²) in [7, 11) is 2.79. The number of aryl methyl sites for hydroxylation is 1. The minimum atomic E-state index is -4.41. The summed E-state index contributed by atoms with van der Waals surface area (Å²) in [6.07, 6.45) is -0.575. The molecule has 1 saturated carbocycles. The number of aromatic nitrogens is 3. The smallest absolute Gasteiger partial charge is 0.338 e. The minimum absolute atomic E-state index is 0.133. The van der Waals surface area contributed by atoms with E-state index in [1.54, 1.807) is 36.0 Å². The maximum atomic E-state index is 13.6. The first-order valence-electron chi connectivity index (χ1n) is 10.7. The van der Waals surface area contributed by atoms with E-state index in [2.05, 4.69) is 21.5 Å². The number of rotatable bonds is 7. The molecule has 1 aliphatic carbocycles. The van der Waals surface area contributed by atoms with Crippen LogP contribution in [-0.2, 0) is 0 Å². The molecule has 0 bridgehead atoms. The van der Waals surface area contributed by atoms with E-state index in [1.807, 2.05) is 0 Å². The molecular formula is C23H25F3N6O. The lowest BCUT2D eigenvalue weighted by Gasteiger charge is -2.28. The van der Waals surface area contributed by atoms with Crippen molar-refractivity contribution >= 4 is 22.4 Å². The first-order chi connectivity index (χ1) is 15.6. The lowest BCUT2D eigenvalue weighted by Crippen LogP contribution is -2.33. The molecule has 174 valence electrons. The molecule has 2 aromatic heterocycles.